The number of nitrogens with zero attached hydrogens (tertiary/aromatic N) is 1. The van der Waals surface area contributed by atoms with Crippen LogP contribution in [-0.2, 0) is 0 Å². The number of aromatic hydroxyl groups is 1. The zero-order valence-electron chi connectivity index (χ0n) is 8.01. The van der Waals surface area contributed by atoms with E-state index in [1.807, 2.05) is 30.3 Å². The van der Waals surface area contributed by atoms with E-state index in [2.05, 4.69) is 11.1 Å². The van der Waals surface area contributed by atoms with Gasteiger partial charge in [0, 0.05) is 10.8 Å². The van der Waals surface area contributed by atoms with Gasteiger partial charge in [0.15, 0.2) is 0 Å². The summed E-state index contributed by atoms with van der Waals surface area (Å²) in [5, 5.41) is 12.6. The SMILES string of the molecule is Oc1cnc2c(ccc3ccccc32)c1. The van der Waals surface area contributed by atoms with Gasteiger partial charge in [0.1, 0.15) is 5.75 Å². The number of rotatable bonds is 0. The van der Waals surface area contributed by atoms with E-state index in [4.69, 9.17) is 0 Å². The fourth-order valence-corrected chi connectivity index (χ4v) is 1.86. The molecule has 15 heavy (non-hydrogen) atoms. The highest BCUT2D eigenvalue weighted by Gasteiger charge is 2.01. The van der Waals surface area contributed by atoms with E-state index in [-0.39, 0.29) is 5.75 Å². The largest absolute Gasteiger partial charge is 0.506 e. The first-order valence-corrected chi connectivity index (χ1v) is 4.81. The second-order valence-electron chi connectivity index (χ2n) is 3.55. The van der Waals surface area contributed by atoms with Crippen LogP contribution >= 0.6 is 0 Å². The smallest absolute Gasteiger partial charge is 0.134 e. The molecule has 1 aromatic heterocycles. The number of fused-ring (bicyclic) bond motifs is 3. The molecular formula is C13H9NO. The lowest BCUT2D eigenvalue weighted by Gasteiger charge is -2.02. The second-order valence-corrected chi connectivity index (χ2v) is 3.55. The average molecular weight is 195 g/mol. The molecule has 1 N–H and O–H groups in total. The maximum atomic E-state index is 9.34. The Kier molecular flexibility index (Phi) is 1.62. The van der Waals surface area contributed by atoms with Crippen molar-refractivity contribution in [2.24, 2.45) is 0 Å². The highest BCUT2D eigenvalue weighted by molar-refractivity contribution is 6.05. The van der Waals surface area contributed by atoms with Crippen molar-refractivity contribution < 1.29 is 5.11 Å². The maximum absolute atomic E-state index is 9.34. The van der Waals surface area contributed by atoms with Crippen LogP contribution < -0.4 is 0 Å². The van der Waals surface area contributed by atoms with Crippen LogP contribution in [0.2, 0.25) is 0 Å². The molecule has 0 amide bonds. The van der Waals surface area contributed by atoms with E-state index in [1.54, 1.807) is 6.07 Å². The van der Waals surface area contributed by atoms with Gasteiger partial charge in [-0.15, -0.1) is 0 Å². The summed E-state index contributed by atoms with van der Waals surface area (Å²) in [6, 6.07) is 13.9. The summed E-state index contributed by atoms with van der Waals surface area (Å²) >= 11 is 0. The van der Waals surface area contributed by atoms with Crippen molar-refractivity contribution in [3.8, 4) is 5.75 Å². The van der Waals surface area contributed by atoms with Crippen molar-refractivity contribution in [3.05, 3.63) is 48.7 Å². The summed E-state index contributed by atoms with van der Waals surface area (Å²) in [6.07, 6.45) is 1.48. The first-order valence-electron chi connectivity index (χ1n) is 4.81. The third-order valence-electron chi connectivity index (χ3n) is 2.56. The normalized spacial score (nSPS) is 10.9. The summed E-state index contributed by atoms with van der Waals surface area (Å²) in [6.45, 7) is 0. The van der Waals surface area contributed by atoms with E-state index in [0.29, 0.717) is 0 Å². The Labute approximate surface area is 86.8 Å². The molecule has 0 unspecified atom stereocenters. The van der Waals surface area contributed by atoms with Crippen LogP contribution in [0, 0.1) is 0 Å². The molecule has 0 aliphatic heterocycles. The third-order valence-corrected chi connectivity index (χ3v) is 2.56. The Morgan fingerprint density at radius 1 is 0.933 bits per heavy atom. The van der Waals surface area contributed by atoms with Crippen molar-refractivity contribution in [3.63, 3.8) is 0 Å². The molecule has 0 aliphatic carbocycles. The molecular weight excluding hydrogens is 186 g/mol. The number of hydrogen-bond acceptors (Lipinski definition) is 2. The monoisotopic (exact) mass is 195 g/mol. The van der Waals surface area contributed by atoms with Gasteiger partial charge < -0.3 is 5.11 Å². The van der Waals surface area contributed by atoms with Crippen molar-refractivity contribution in [1.82, 2.24) is 4.98 Å². The summed E-state index contributed by atoms with van der Waals surface area (Å²) in [5.74, 6) is 0.206. The Morgan fingerprint density at radius 3 is 2.67 bits per heavy atom. The Balaban J connectivity index is 2.55. The number of aromatic nitrogens is 1. The lowest BCUT2D eigenvalue weighted by molar-refractivity contribution is 0.474. The summed E-state index contributed by atoms with van der Waals surface area (Å²) < 4.78 is 0. The zero-order valence-corrected chi connectivity index (χ0v) is 8.01. The predicted molar refractivity (Wildman–Crippen MR) is 60.9 cm³/mol. The summed E-state index contributed by atoms with van der Waals surface area (Å²) in [4.78, 5) is 4.26. The van der Waals surface area contributed by atoms with Gasteiger partial charge in [-0.3, -0.25) is 4.98 Å². The minimum atomic E-state index is 0.206. The van der Waals surface area contributed by atoms with Gasteiger partial charge in [-0.05, 0) is 11.5 Å². The fraction of sp³-hybridized carbons (Fsp3) is 0. The Bertz CT molecular complexity index is 646. The van der Waals surface area contributed by atoms with E-state index in [9.17, 15) is 5.11 Å². The molecule has 2 nitrogen and oxygen atoms in total. The van der Waals surface area contributed by atoms with Crippen molar-refractivity contribution in [2.75, 3.05) is 0 Å². The first-order chi connectivity index (χ1) is 7.34. The van der Waals surface area contributed by atoms with Gasteiger partial charge in [0.05, 0.1) is 11.7 Å². The lowest BCUT2D eigenvalue weighted by Crippen LogP contribution is -1.80. The topological polar surface area (TPSA) is 33.1 Å². The highest BCUT2D eigenvalue weighted by atomic mass is 16.3. The van der Waals surface area contributed by atoms with E-state index >= 15 is 0 Å². The van der Waals surface area contributed by atoms with Crippen molar-refractivity contribution in [1.29, 1.82) is 0 Å². The molecule has 0 aliphatic rings. The summed E-state index contributed by atoms with van der Waals surface area (Å²) in [5.41, 5.74) is 0.936. The minimum Gasteiger partial charge on any atom is -0.506 e. The molecule has 2 aromatic carbocycles. The van der Waals surface area contributed by atoms with Crippen molar-refractivity contribution in [2.45, 2.75) is 0 Å². The average Bonchev–Trinajstić information content (AvgIpc) is 2.28. The first kappa shape index (κ1) is 8.24. The fourth-order valence-electron chi connectivity index (χ4n) is 1.86. The minimum absolute atomic E-state index is 0.206. The maximum Gasteiger partial charge on any atom is 0.134 e. The molecule has 0 bridgehead atoms. The predicted octanol–water partition coefficient (Wildman–Crippen LogP) is 3.09. The van der Waals surface area contributed by atoms with E-state index in [0.717, 1.165) is 16.3 Å². The Morgan fingerprint density at radius 2 is 1.73 bits per heavy atom. The van der Waals surface area contributed by atoms with E-state index < -0.39 is 0 Å². The zero-order chi connectivity index (χ0) is 10.3. The molecule has 2 heteroatoms. The molecule has 0 saturated heterocycles. The van der Waals surface area contributed by atoms with Crippen LogP contribution in [-0.4, -0.2) is 10.1 Å². The van der Waals surface area contributed by atoms with Crippen LogP contribution in [0.15, 0.2) is 48.7 Å². The Hall–Kier alpha value is -2.09. The van der Waals surface area contributed by atoms with Gasteiger partial charge in [-0.1, -0.05) is 36.4 Å². The molecule has 1 heterocycles. The van der Waals surface area contributed by atoms with Crippen LogP contribution in [0.5, 0.6) is 5.75 Å². The number of pyridine rings is 1. The standard InChI is InChI=1S/C13H9NO/c15-11-7-10-6-5-9-3-1-2-4-12(9)13(10)14-8-11/h1-8,15H. The number of benzene rings is 2. The van der Waals surface area contributed by atoms with Gasteiger partial charge in [-0.2, -0.15) is 0 Å². The molecule has 0 saturated carbocycles. The highest BCUT2D eigenvalue weighted by Crippen LogP contribution is 2.25. The molecule has 72 valence electrons. The quantitative estimate of drug-likeness (QED) is 0.559. The van der Waals surface area contributed by atoms with Crippen LogP contribution in [0.4, 0.5) is 0 Å². The lowest BCUT2D eigenvalue weighted by atomic mass is 10.1. The van der Waals surface area contributed by atoms with Crippen LogP contribution in [0.25, 0.3) is 21.7 Å². The van der Waals surface area contributed by atoms with Crippen LogP contribution in [0.3, 0.4) is 0 Å². The molecule has 0 radical (unpaired) electrons. The number of hydrogen-bond donors (Lipinski definition) is 1. The molecule has 3 rings (SSSR count). The molecule has 0 fully saturated rings. The van der Waals surface area contributed by atoms with Gasteiger partial charge in [0.2, 0.25) is 0 Å². The van der Waals surface area contributed by atoms with Gasteiger partial charge in [0.25, 0.3) is 0 Å². The third kappa shape index (κ3) is 1.22. The van der Waals surface area contributed by atoms with Gasteiger partial charge in [-0.25, -0.2) is 0 Å². The van der Waals surface area contributed by atoms with E-state index in [1.165, 1.54) is 11.6 Å². The van der Waals surface area contributed by atoms with Gasteiger partial charge >= 0.3 is 0 Å². The van der Waals surface area contributed by atoms with Crippen molar-refractivity contribution >= 4 is 21.7 Å². The van der Waals surface area contributed by atoms with Crippen LogP contribution in [0.1, 0.15) is 0 Å². The second kappa shape index (κ2) is 2.95. The molecule has 3 aromatic rings. The molecule has 0 atom stereocenters. The summed E-state index contributed by atoms with van der Waals surface area (Å²) in [7, 11) is 0. The molecule has 0 spiro atoms.